The third-order valence-corrected chi connectivity index (χ3v) is 5.14. The first-order valence-corrected chi connectivity index (χ1v) is 8.35. The summed E-state index contributed by atoms with van der Waals surface area (Å²) in [6, 6.07) is 12.1. The summed E-state index contributed by atoms with van der Waals surface area (Å²) in [6.07, 6.45) is 1.89. The van der Waals surface area contributed by atoms with Crippen molar-refractivity contribution >= 4 is 33.1 Å². The fourth-order valence-corrected chi connectivity index (χ4v) is 3.81. The average Bonchev–Trinajstić information content (AvgIpc) is 3.25. The number of carbonyl (C=O) groups excluding carboxylic acids is 1. The monoisotopic (exact) mass is 311 g/mol. The number of hydrogen-bond acceptors (Lipinski definition) is 3. The van der Waals surface area contributed by atoms with Crippen molar-refractivity contribution in [3.8, 4) is 0 Å². The van der Waals surface area contributed by atoms with E-state index >= 15 is 0 Å². The van der Waals surface area contributed by atoms with Crippen molar-refractivity contribution in [3.05, 3.63) is 53.5 Å². The van der Waals surface area contributed by atoms with Gasteiger partial charge in [0.05, 0.1) is 5.00 Å². The third kappa shape index (κ3) is 2.27. The summed E-state index contributed by atoms with van der Waals surface area (Å²) in [7, 11) is 0. The molecule has 1 N–H and O–H groups in total. The van der Waals surface area contributed by atoms with Crippen LogP contribution in [0.5, 0.6) is 0 Å². The lowest BCUT2D eigenvalue weighted by Crippen LogP contribution is -2.48. The van der Waals surface area contributed by atoms with E-state index in [1.807, 2.05) is 35.4 Å². The zero-order valence-electron chi connectivity index (χ0n) is 12.2. The number of aromatic amines is 1. The molecule has 2 aromatic heterocycles. The number of thiophene rings is 1. The molecule has 0 spiro atoms. The molecule has 1 fully saturated rings. The number of nitrogens with zero attached hydrogens (tertiary/aromatic N) is 2. The number of aromatic nitrogens is 1. The fourth-order valence-electron chi connectivity index (χ4n) is 3.02. The first-order valence-electron chi connectivity index (χ1n) is 7.47. The number of anilines is 1. The molecule has 5 heteroatoms. The van der Waals surface area contributed by atoms with E-state index in [1.54, 1.807) is 11.3 Å². The van der Waals surface area contributed by atoms with Crippen molar-refractivity contribution < 1.29 is 4.79 Å². The van der Waals surface area contributed by atoms with Crippen LogP contribution in [0.25, 0.3) is 10.9 Å². The number of hydrogen-bond donors (Lipinski definition) is 1. The number of piperazine rings is 1. The Balaban J connectivity index is 1.51. The van der Waals surface area contributed by atoms with Gasteiger partial charge in [-0.1, -0.05) is 6.07 Å². The lowest BCUT2D eigenvalue weighted by atomic mass is 10.1. The van der Waals surface area contributed by atoms with E-state index in [1.165, 1.54) is 5.00 Å². The van der Waals surface area contributed by atoms with Gasteiger partial charge in [0, 0.05) is 48.8 Å². The molecule has 3 heterocycles. The summed E-state index contributed by atoms with van der Waals surface area (Å²) in [6.45, 7) is 3.35. The lowest BCUT2D eigenvalue weighted by Gasteiger charge is -2.35. The minimum atomic E-state index is 0.135. The second kappa shape index (κ2) is 5.50. The van der Waals surface area contributed by atoms with Gasteiger partial charge in [0.1, 0.15) is 0 Å². The van der Waals surface area contributed by atoms with Crippen LogP contribution < -0.4 is 4.90 Å². The number of carbonyl (C=O) groups is 1. The third-order valence-electron chi connectivity index (χ3n) is 4.21. The number of rotatable bonds is 2. The molecule has 1 saturated heterocycles. The predicted octanol–water partition coefficient (Wildman–Crippen LogP) is 3.19. The highest BCUT2D eigenvalue weighted by Crippen LogP contribution is 2.24. The van der Waals surface area contributed by atoms with Gasteiger partial charge in [0.15, 0.2) is 0 Å². The normalized spacial score (nSPS) is 15.5. The molecule has 0 bridgehead atoms. The Morgan fingerprint density at radius 3 is 2.68 bits per heavy atom. The molecule has 112 valence electrons. The Kier molecular flexibility index (Phi) is 3.35. The summed E-state index contributed by atoms with van der Waals surface area (Å²) in [5.74, 6) is 0.135. The molecule has 1 aliphatic heterocycles. The van der Waals surface area contributed by atoms with Gasteiger partial charge >= 0.3 is 0 Å². The molecule has 3 aromatic rings. The zero-order chi connectivity index (χ0) is 14.9. The van der Waals surface area contributed by atoms with Crippen molar-refractivity contribution in [2.24, 2.45) is 0 Å². The molecule has 0 radical (unpaired) electrons. The van der Waals surface area contributed by atoms with Crippen molar-refractivity contribution in [2.45, 2.75) is 0 Å². The number of nitrogens with one attached hydrogen (secondary N) is 1. The van der Waals surface area contributed by atoms with Crippen LogP contribution in [-0.2, 0) is 0 Å². The molecule has 4 rings (SSSR count). The topological polar surface area (TPSA) is 39.3 Å². The summed E-state index contributed by atoms with van der Waals surface area (Å²) < 4.78 is 0. The van der Waals surface area contributed by atoms with E-state index in [4.69, 9.17) is 0 Å². The van der Waals surface area contributed by atoms with Crippen LogP contribution in [0.3, 0.4) is 0 Å². The highest BCUT2D eigenvalue weighted by atomic mass is 32.1. The predicted molar refractivity (Wildman–Crippen MR) is 90.7 cm³/mol. The van der Waals surface area contributed by atoms with Gasteiger partial charge in [-0.25, -0.2) is 0 Å². The maximum absolute atomic E-state index is 12.8. The molecule has 1 aliphatic rings. The van der Waals surface area contributed by atoms with Gasteiger partial charge in [-0.15, -0.1) is 11.3 Å². The standard InChI is InChI=1S/C17H17N3OS/c21-17(14-3-1-4-15-13(14)6-7-18-15)20-10-8-19(9-11-20)16-5-2-12-22-16/h1-7,12,18H,8-11H2. The van der Waals surface area contributed by atoms with Crippen LogP contribution in [-0.4, -0.2) is 42.0 Å². The van der Waals surface area contributed by atoms with Gasteiger partial charge in [0.25, 0.3) is 5.91 Å². The minimum absolute atomic E-state index is 0.135. The minimum Gasteiger partial charge on any atom is -0.361 e. The molecular formula is C17H17N3OS. The van der Waals surface area contributed by atoms with Gasteiger partial charge in [0.2, 0.25) is 0 Å². The Bertz CT molecular complexity index is 785. The molecule has 22 heavy (non-hydrogen) atoms. The van der Waals surface area contributed by atoms with Crippen LogP contribution in [0, 0.1) is 0 Å². The lowest BCUT2D eigenvalue weighted by molar-refractivity contribution is 0.0749. The molecule has 0 unspecified atom stereocenters. The van der Waals surface area contributed by atoms with Gasteiger partial charge in [-0.2, -0.15) is 0 Å². The van der Waals surface area contributed by atoms with E-state index < -0.39 is 0 Å². The van der Waals surface area contributed by atoms with Crippen LogP contribution in [0.2, 0.25) is 0 Å². The van der Waals surface area contributed by atoms with Crippen LogP contribution in [0.4, 0.5) is 5.00 Å². The van der Waals surface area contributed by atoms with Crippen molar-refractivity contribution in [1.29, 1.82) is 0 Å². The zero-order valence-corrected chi connectivity index (χ0v) is 13.0. The van der Waals surface area contributed by atoms with Gasteiger partial charge in [-0.05, 0) is 35.7 Å². The van der Waals surface area contributed by atoms with Crippen molar-refractivity contribution in [3.63, 3.8) is 0 Å². The number of benzene rings is 1. The quantitative estimate of drug-likeness (QED) is 0.789. The number of H-pyrrole nitrogens is 1. The molecule has 1 aromatic carbocycles. The summed E-state index contributed by atoms with van der Waals surface area (Å²) in [5.41, 5.74) is 1.81. The molecule has 1 amide bonds. The average molecular weight is 311 g/mol. The summed E-state index contributed by atoms with van der Waals surface area (Å²) >= 11 is 1.76. The first kappa shape index (κ1) is 13.4. The largest absolute Gasteiger partial charge is 0.361 e. The second-order valence-corrected chi connectivity index (χ2v) is 6.40. The van der Waals surface area contributed by atoms with E-state index in [2.05, 4.69) is 27.4 Å². The Labute approximate surface area is 133 Å². The van der Waals surface area contributed by atoms with Gasteiger partial charge in [-0.3, -0.25) is 4.79 Å². The highest BCUT2D eigenvalue weighted by molar-refractivity contribution is 7.14. The van der Waals surface area contributed by atoms with Crippen LogP contribution >= 0.6 is 11.3 Å². The maximum Gasteiger partial charge on any atom is 0.254 e. The number of fused-ring (bicyclic) bond motifs is 1. The maximum atomic E-state index is 12.8. The SMILES string of the molecule is O=C(c1cccc2[nH]ccc12)N1CCN(c2cccs2)CC1. The summed E-state index contributed by atoms with van der Waals surface area (Å²) in [5, 5.41) is 4.40. The van der Waals surface area contributed by atoms with Gasteiger partial charge < -0.3 is 14.8 Å². The smallest absolute Gasteiger partial charge is 0.254 e. The highest BCUT2D eigenvalue weighted by Gasteiger charge is 2.23. The van der Waals surface area contributed by atoms with E-state index in [0.717, 1.165) is 42.6 Å². The fraction of sp³-hybridized carbons (Fsp3) is 0.235. The molecule has 0 atom stereocenters. The molecule has 4 nitrogen and oxygen atoms in total. The molecule has 0 aliphatic carbocycles. The van der Waals surface area contributed by atoms with Crippen LogP contribution in [0.1, 0.15) is 10.4 Å². The molecular weight excluding hydrogens is 294 g/mol. The summed E-state index contributed by atoms with van der Waals surface area (Å²) in [4.78, 5) is 20.3. The first-order chi connectivity index (χ1) is 10.8. The Hall–Kier alpha value is -2.27. The second-order valence-electron chi connectivity index (χ2n) is 5.48. The molecule has 0 saturated carbocycles. The number of amides is 1. The van der Waals surface area contributed by atoms with Crippen LogP contribution in [0.15, 0.2) is 48.0 Å². The van der Waals surface area contributed by atoms with E-state index in [9.17, 15) is 4.79 Å². The Morgan fingerprint density at radius 1 is 1.05 bits per heavy atom. The van der Waals surface area contributed by atoms with Crippen molar-refractivity contribution in [1.82, 2.24) is 9.88 Å². The van der Waals surface area contributed by atoms with Crippen molar-refractivity contribution in [2.75, 3.05) is 31.1 Å². The Morgan fingerprint density at radius 2 is 1.91 bits per heavy atom. The van der Waals surface area contributed by atoms with E-state index in [-0.39, 0.29) is 5.91 Å². The van der Waals surface area contributed by atoms with E-state index in [0.29, 0.717) is 0 Å².